The molecular weight excluding hydrogens is 779 g/mol. The molecule has 1 amide bonds. The van der Waals surface area contributed by atoms with E-state index in [0.717, 1.165) is 77.0 Å². The van der Waals surface area contributed by atoms with E-state index in [9.17, 15) is 19.8 Å². The van der Waals surface area contributed by atoms with Gasteiger partial charge in [-0.3, -0.25) is 9.59 Å². The minimum Gasteiger partial charge on any atom is -0.462 e. The highest BCUT2D eigenvalue weighted by molar-refractivity contribution is 5.77. The van der Waals surface area contributed by atoms with E-state index in [0.29, 0.717) is 19.3 Å². The van der Waals surface area contributed by atoms with Crippen molar-refractivity contribution in [3.63, 3.8) is 0 Å². The number of hydrogen-bond donors (Lipinski definition) is 3. The first-order valence-corrected chi connectivity index (χ1v) is 27.0. The molecule has 0 radical (unpaired) electrons. The monoisotopic (exact) mass is 882 g/mol. The van der Waals surface area contributed by atoms with Crippen LogP contribution >= 0.6 is 0 Å². The Labute approximate surface area is 390 Å². The Hall–Kier alpha value is -2.44. The maximum Gasteiger partial charge on any atom is 0.306 e. The zero-order chi connectivity index (χ0) is 45.9. The number of carbonyl (C=O) groups is 2. The van der Waals surface area contributed by atoms with Crippen LogP contribution in [0.1, 0.15) is 265 Å². The van der Waals surface area contributed by atoms with Gasteiger partial charge in [0.2, 0.25) is 5.91 Å². The van der Waals surface area contributed by atoms with E-state index in [4.69, 9.17) is 4.74 Å². The molecule has 63 heavy (non-hydrogen) atoms. The summed E-state index contributed by atoms with van der Waals surface area (Å²) in [5, 5.41) is 23.7. The molecule has 0 fully saturated rings. The quantitative estimate of drug-likeness (QED) is 0.0321. The highest BCUT2D eigenvalue weighted by Gasteiger charge is 2.24. The van der Waals surface area contributed by atoms with Crippen LogP contribution in [0.2, 0.25) is 0 Å². The standard InChI is InChI=1S/C57H103NO5/c1-4-7-10-13-16-19-22-24-26-27-28-29-31-33-35-38-41-44-47-50-57(62)63-53(48-45-42-39-36-34-32-30-25-23-20-17-14-11-8-5-2)51-56(61)58-54(52-59)55(60)49-46-43-40-37-21-18-15-12-9-6-3/h16-17,19-20,24-26,30,34,36,53-55,59-60H,4-15,18,21-23,27-29,31-33,35,37-52H2,1-3H3,(H,58,61)/b19-16-,20-17-,26-24-,30-25-,36-34-. The number of aliphatic hydroxyl groups is 2. The lowest BCUT2D eigenvalue weighted by molar-refractivity contribution is -0.151. The molecule has 0 saturated heterocycles. The van der Waals surface area contributed by atoms with E-state index in [1.807, 2.05) is 0 Å². The first-order chi connectivity index (χ1) is 31.0. The summed E-state index contributed by atoms with van der Waals surface area (Å²) in [6.07, 6.45) is 62.8. The molecule has 0 spiro atoms. The van der Waals surface area contributed by atoms with Crippen LogP contribution in [0.3, 0.4) is 0 Å². The van der Waals surface area contributed by atoms with Crippen molar-refractivity contribution < 1.29 is 24.5 Å². The Morgan fingerprint density at radius 2 is 0.810 bits per heavy atom. The highest BCUT2D eigenvalue weighted by atomic mass is 16.5. The van der Waals surface area contributed by atoms with Crippen molar-refractivity contribution in [3.05, 3.63) is 60.8 Å². The Balaban J connectivity index is 4.60. The van der Waals surface area contributed by atoms with Crippen LogP contribution in [0, 0.1) is 0 Å². The maximum atomic E-state index is 13.2. The van der Waals surface area contributed by atoms with Gasteiger partial charge in [0.15, 0.2) is 0 Å². The van der Waals surface area contributed by atoms with Crippen molar-refractivity contribution in [2.24, 2.45) is 0 Å². The average Bonchev–Trinajstić information content (AvgIpc) is 3.28. The number of rotatable bonds is 48. The predicted molar refractivity (Wildman–Crippen MR) is 273 cm³/mol. The molecular formula is C57H103NO5. The van der Waals surface area contributed by atoms with Gasteiger partial charge in [-0.25, -0.2) is 0 Å². The third kappa shape index (κ3) is 45.9. The fourth-order valence-electron chi connectivity index (χ4n) is 7.94. The topological polar surface area (TPSA) is 95.9 Å². The summed E-state index contributed by atoms with van der Waals surface area (Å²) in [5.41, 5.74) is 0. The van der Waals surface area contributed by atoms with Crippen LogP contribution in [0.25, 0.3) is 0 Å². The molecule has 3 atom stereocenters. The summed E-state index contributed by atoms with van der Waals surface area (Å²) in [5.74, 6) is -0.513. The van der Waals surface area contributed by atoms with E-state index in [2.05, 4.69) is 86.8 Å². The third-order valence-electron chi connectivity index (χ3n) is 12.1. The molecule has 0 heterocycles. The van der Waals surface area contributed by atoms with Gasteiger partial charge < -0.3 is 20.3 Å². The van der Waals surface area contributed by atoms with E-state index >= 15 is 0 Å². The smallest absolute Gasteiger partial charge is 0.306 e. The Bertz CT molecular complexity index is 1130. The number of esters is 1. The molecule has 0 bridgehead atoms. The summed E-state index contributed by atoms with van der Waals surface area (Å²) in [7, 11) is 0. The predicted octanol–water partition coefficient (Wildman–Crippen LogP) is 16.4. The summed E-state index contributed by atoms with van der Waals surface area (Å²) in [6, 6.07) is -0.715. The second kappa shape index (κ2) is 50.6. The van der Waals surface area contributed by atoms with Gasteiger partial charge in [0.1, 0.15) is 6.10 Å². The molecule has 6 heteroatoms. The number of ether oxygens (including phenoxy) is 1. The Morgan fingerprint density at radius 1 is 0.460 bits per heavy atom. The molecule has 3 unspecified atom stereocenters. The van der Waals surface area contributed by atoms with Gasteiger partial charge in [-0.05, 0) is 96.3 Å². The number of aliphatic hydroxyl groups excluding tert-OH is 2. The van der Waals surface area contributed by atoms with E-state index in [1.54, 1.807) is 0 Å². The SMILES string of the molecule is CCCCC/C=C\C/C=C\C/C=C\CCCCC(CC(=O)NC(CO)C(O)CCCCCCCCCCCC)OC(=O)CCCCCCCCCCC/C=C\C/C=C\CCCCC. The largest absolute Gasteiger partial charge is 0.462 e. The fraction of sp³-hybridized carbons (Fsp3) is 0.789. The van der Waals surface area contributed by atoms with Gasteiger partial charge in [0.25, 0.3) is 0 Å². The van der Waals surface area contributed by atoms with Crippen molar-refractivity contribution >= 4 is 11.9 Å². The van der Waals surface area contributed by atoms with E-state index in [1.165, 1.54) is 141 Å². The molecule has 0 rings (SSSR count). The molecule has 0 aromatic heterocycles. The van der Waals surface area contributed by atoms with Gasteiger partial charge in [0.05, 0.1) is 25.2 Å². The number of hydrogen-bond acceptors (Lipinski definition) is 5. The van der Waals surface area contributed by atoms with E-state index < -0.39 is 18.2 Å². The normalized spacial score (nSPS) is 13.7. The fourth-order valence-corrected chi connectivity index (χ4v) is 7.94. The van der Waals surface area contributed by atoms with Crippen molar-refractivity contribution in [2.45, 2.75) is 283 Å². The zero-order valence-electron chi connectivity index (χ0n) is 41.7. The van der Waals surface area contributed by atoms with Gasteiger partial charge in [-0.15, -0.1) is 0 Å². The summed E-state index contributed by atoms with van der Waals surface area (Å²) in [6.45, 7) is 6.41. The second-order valence-corrected chi connectivity index (χ2v) is 18.3. The number of unbranched alkanes of at least 4 members (excludes halogenated alkanes) is 26. The molecule has 0 aliphatic rings. The molecule has 0 saturated carbocycles. The first-order valence-electron chi connectivity index (χ1n) is 27.0. The summed E-state index contributed by atoms with van der Waals surface area (Å²) < 4.78 is 5.93. The number of allylic oxidation sites excluding steroid dienone is 10. The summed E-state index contributed by atoms with van der Waals surface area (Å²) in [4.78, 5) is 26.2. The van der Waals surface area contributed by atoms with Crippen molar-refractivity contribution in [3.8, 4) is 0 Å². The Kier molecular flexibility index (Phi) is 48.6. The molecule has 0 aromatic rings. The van der Waals surface area contributed by atoms with Crippen molar-refractivity contribution in [2.75, 3.05) is 6.61 Å². The zero-order valence-corrected chi connectivity index (χ0v) is 41.7. The van der Waals surface area contributed by atoms with Gasteiger partial charge in [-0.2, -0.15) is 0 Å². The molecule has 3 N–H and O–H groups in total. The van der Waals surface area contributed by atoms with Gasteiger partial charge >= 0.3 is 5.97 Å². The van der Waals surface area contributed by atoms with Gasteiger partial charge in [-0.1, -0.05) is 216 Å². The number of nitrogens with one attached hydrogen (secondary N) is 1. The van der Waals surface area contributed by atoms with Crippen LogP contribution in [0.15, 0.2) is 60.8 Å². The first kappa shape index (κ1) is 60.6. The minimum absolute atomic E-state index is 0.0493. The molecule has 0 aromatic carbocycles. The molecule has 0 aliphatic carbocycles. The lowest BCUT2D eigenvalue weighted by Gasteiger charge is -2.24. The lowest BCUT2D eigenvalue weighted by Crippen LogP contribution is -2.46. The molecule has 0 aliphatic heterocycles. The van der Waals surface area contributed by atoms with Crippen molar-refractivity contribution in [1.82, 2.24) is 5.32 Å². The maximum absolute atomic E-state index is 13.2. The molecule has 6 nitrogen and oxygen atoms in total. The lowest BCUT2D eigenvalue weighted by atomic mass is 10.0. The van der Waals surface area contributed by atoms with Gasteiger partial charge in [0, 0.05) is 6.42 Å². The molecule has 366 valence electrons. The Morgan fingerprint density at radius 3 is 1.27 bits per heavy atom. The third-order valence-corrected chi connectivity index (χ3v) is 12.1. The number of amides is 1. The highest BCUT2D eigenvalue weighted by Crippen LogP contribution is 2.17. The second-order valence-electron chi connectivity index (χ2n) is 18.3. The van der Waals surface area contributed by atoms with E-state index in [-0.39, 0.29) is 24.9 Å². The van der Waals surface area contributed by atoms with Crippen LogP contribution < -0.4 is 5.32 Å². The number of carbonyl (C=O) groups excluding carboxylic acids is 2. The van der Waals surface area contributed by atoms with Crippen LogP contribution in [0.5, 0.6) is 0 Å². The van der Waals surface area contributed by atoms with Crippen LogP contribution in [-0.2, 0) is 14.3 Å². The average molecular weight is 882 g/mol. The summed E-state index contributed by atoms with van der Waals surface area (Å²) >= 11 is 0. The van der Waals surface area contributed by atoms with Crippen LogP contribution in [-0.4, -0.2) is 46.9 Å². The van der Waals surface area contributed by atoms with Crippen molar-refractivity contribution in [1.29, 1.82) is 0 Å². The minimum atomic E-state index is -0.799. The van der Waals surface area contributed by atoms with Crippen LogP contribution in [0.4, 0.5) is 0 Å².